The molecule has 2 aromatic rings. The molecule has 1 heterocycles. The number of hydrogen-bond acceptors (Lipinski definition) is 3. The summed E-state index contributed by atoms with van der Waals surface area (Å²) in [6.07, 6.45) is 0. The van der Waals surface area contributed by atoms with Crippen molar-refractivity contribution in [3.8, 4) is 11.3 Å². The number of nitrogens with zero attached hydrogens (tertiary/aromatic N) is 1. The number of aromatic amines is 1. The third-order valence-corrected chi connectivity index (χ3v) is 2.69. The van der Waals surface area contributed by atoms with Crippen molar-refractivity contribution in [2.45, 2.75) is 20.5 Å². The van der Waals surface area contributed by atoms with Gasteiger partial charge in [0.25, 0.3) is 5.56 Å². The van der Waals surface area contributed by atoms with Gasteiger partial charge in [0.1, 0.15) is 18.2 Å². The van der Waals surface area contributed by atoms with E-state index in [0.717, 1.165) is 0 Å². The molecule has 0 aliphatic rings. The van der Waals surface area contributed by atoms with Crippen LogP contribution < -0.4 is 5.56 Å². The Bertz CT molecular complexity index is 638. The minimum Gasteiger partial charge on any atom is -0.374 e. The van der Waals surface area contributed by atoms with Gasteiger partial charge in [-0.3, -0.25) is 4.79 Å². The maximum Gasteiger partial charge on any atom is 0.251 e. The Labute approximate surface area is 110 Å². The molecule has 0 spiro atoms. The summed E-state index contributed by atoms with van der Waals surface area (Å²) in [6, 6.07) is 6.04. The first-order valence-electron chi connectivity index (χ1n) is 6.04. The Balaban J connectivity index is 2.40. The molecule has 1 aromatic carbocycles. The van der Waals surface area contributed by atoms with Crippen molar-refractivity contribution in [2.75, 3.05) is 6.61 Å². The molecule has 0 saturated heterocycles. The fourth-order valence-corrected chi connectivity index (χ4v) is 1.73. The van der Waals surface area contributed by atoms with Gasteiger partial charge in [-0.15, -0.1) is 0 Å². The number of aromatic nitrogens is 2. The van der Waals surface area contributed by atoms with Crippen LogP contribution in [0.2, 0.25) is 0 Å². The van der Waals surface area contributed by atoms with E-state index in [0.29, 0.717) is 29.3 Å². The van der Waals surface area contributed by atoms with Gasteiger partial charge in [0, 0.05) is 18.2 Å². The number of nitrogens with one attached hydrogen (secondary N) is 1. The van der Waals surface area contributed by atoms with Crippen LogP contribution in [0.5, 0.6) is 0 Å². The number of halogens is 1. The number of hydrogen-bond donors (Lipinski definition) is 1. The van der Waals surface area contributed by atoms with E-state index in [4.69, 9.17) is 4.74 Å². The van der Waals surface area contributed by atoms with Crippen molar-refractivity contribution < 1.29 is 9.13 Å². The molecule has 2 rings (SSSR count). The van der Waals surface area contributed by atoms with Crippen LogP contribution in [0, 0.1) is 12.7 Å². The summed E-state index contributed by atoms with van der Waals surface area (Å²) in [5.41, 5.74) is 1.50. The van der Waals surface area contributed by atoms with Gasteiger partial charge in [-0.05, 0) is 37.6 Å². The van der Waals surface area contributed by atoms with Gasteiger partial charge >= 0.3 is 0 Å². The van der Waals surface area contributed by atoms with Gasteiger partial charge < -0.3 is 9.72 Å². The first-order chi connectivity index (χ1) is 9.10. The number of aryl methyl sites for hydroxylation is 1. The zero-order chi connectivity index (χ0) is 13.8. The lowest BCUT2D eigenvalue weighted by atomic mass is 10.1. The van der Waals surface area contributed by atoms with E-state index in [-0.39, 0.29) is 18.0 Å². The maximum absolute atomic E-state index is 13.2. The molecule has 0 aliphatic carbocycles. The second-order valence-corrected chi connectivity index (χ2v) is 4.18. The van der Waals surface area contributed by atoms with E-state index in [1.807, 2.05) is 6.92 Å². The molecular formula is C14H15FN2O2. The smallest absolute Gasteiger partial charge is 0.251 e. The zero-order valence-electron chi connectivity index (χ0n) is 10.9. The van der Waals surface area contributed by atoms with Gasteiger partial charge in [0.2, 0.25) is 0 Å². The molecule has 5 heteroatoms. The van der Waals surface area contributed by atoms with E-state index < -0.39 is 0 Å². The minimum atomic E-state index is -0.275. The molecule has 4 nitrogen and oxygen atoms in total. The fraction of sp³-hybridized carbons (Fsp3) is 0.286. The molecular weight excluding hydrogens is 247 g/mol. The molecule has 0 amide bonds. The minimum absolute atomic E-state index is 0.248. The molecule has 0 atom stereocenters. The molecule has 0 aliphatic heterocycles. The van der Waals surface area contributed by atoms with Gasteiger partial charge in [-0.25, -0.2) is 9.37 Å². The Morgan fingerprint density at radius 3 is 2.84 bits per heavy atom. The van der Waals surface area contributed by atoms with E-state index >= 15 is 0 Å². The topological polar surface area (TPSA) is 55.0 Å². The maximum atomic E-state index is 13.2. The lowest BCUT2D eigenvalue weighted by Crippen LogP contribution is -2.12. The summed E-state index contributed by atoms with van der Waals surface area (Å²) in [7, 11) is 0. The van der Waals surface area contributed by atoms with Crippen LogP contribution in [0.1, 0.15) is 18.3 Å². The Hall–Kier alpha value is -2.01. The van der Waals surface area contributed by atoms with Crippen LogP contribution in [-0.2, 0) is 11.3 Å². The monoisotopic (exact) mass is 262 g/mol. The van der Waals surface area contributed by atoms with Crippen LogP contribution in [0.3, 0.4) is 0 Å². The molecule has 0 fully saturated rings. The largest absolute Gasteiger partial charge is 0.374 e. The molecule has 1 aromatic heterocycles. The molecule has 0 unspecified atom stereocenters. The van der Waals surface area contributed by atoms with Crippen molar-refractivity contribution in [3.05, 3.63) is 51.8 Å². The van der Waals surface area contributed by atoms with Crippen molar-refractivity contribution in [3.63, 3.8) is 0 Å². The Morgan fingerprint density at radius 2 is 2.16 bits per heavy atom. The summed E-state index contributed by atoms with van der Waals surface area (Å²) in [5, 5.41) is 0. The Kier molecular flexibility index (Phi) is 4.06. The quantitative estimate of drug-likeness (QED) is 0.920. The number of H-pyrrole nitrogens is 1. The van der Waals surface area contributed by atoms with E-state index in [2.05, 4.69) is 9.97 Å². The molecule has 0 bridgehead atoms. The van der Waals surface area contributed by atoms with Crippen molar-refractivity contribution >= 4 is 0 Å². The van der Waals surface area contributed by atoms with Crippen LogP contribution >= 0.6 is 0 Å². The highest BCUT2D eigenvalue weighted by Crippen LogP contribution is 2.18. The van der Waals surface area contributed by atoms with E-state index in [1.54, 1.807) is 19.1 Å². The molecule has 100 valence electrons. The summed E-state index contributed by atoms with van der Waals surface area (Å²) in [5.74, 6) is 0.189. The van der Waals surface area contributed by atoms with Gasteiger partial charge in [-0.1, -0.05) is 0 Å². The highest BCUT2D eigenvalue weighted by molar-refractivity contribution is 5.59. The summed E-state index contributed by atoms with van der Waals surface area (Å²) < 4.78 is 18.4. The second-order valence-electron chi connectivity index (χ2n) is 4.18. The molecule has 0 saturated carbocycles. The Morgan fingerprint density at radius 1 is 1.37 bits per heavy atom. The second kappa shape index (κ2) is 5.75. The van der Waals surface area contributed by atoms with Gasteiger partial charge in [0.15, 0.2) is 0 Å². The highest BCUT2D eigenvalue weighted by Gasteiger charge is 2.06. The SMILES string of the molecule is CCOCc1nc(-c2ccc(F)c(C)c2)cc(=O)[nH]1. The molecule has 1 N–H and O–H groups in total. The summed E-state index contributed by atoms with van der Waals surface area (Å²) >= 11 is 0. The fourth-order valence-electron chi connectivity index (χ4n) is 1.73. The molecule has 0 radical (unpaired) electrons. The summed E-state index contributed by atoms with van der Waals surface area (Å²) in [6.45, 7) is 4.34. The van der Waals surface area contributed by atoms with Crippen LogP contribution in [0.15, 0.2) is 29.1 Å². The molecule has 19 heavy (non-hydrogen) atoms. The first-order valence-corrected chi connectivity index (χ1v) is 6.04. The lowest BCUT2D eigenvalue weighted by molar-refractivity contribution is 0.128. The average Bonchev–Trinajstić information content (AvgIpc) is 2.39. The lowest BCUT2D eigenvalue weighted by Gasteiger charge is -2.06. The number of ether oxygens (including phenoxy) is 1. The third kappa shape index (κ3) is 3.26. The predicted octanol–water partition coefficient (Wildman–Crippen LogP) is 2.42. The average molecular weight is 262 g/mol. The van der Waals surface area contributed by atoms with Crippen LogP contribution in [0.4, 0.5) is 4.39 Å². The van der Waals surface area contributed by atoms with E-state index in [1.165, 1.54) is 12.1 Å². The first kappa shape index (κ1) is 13.4. The van der Waals surface area contributed by atoms with Crippen molar-refractivity contribution in [1.29, 1.82) is 0 Å². The summed E-state index contributed by atoms with van der Waals surface area (Å²) in [4.78, 5) is 18.5. The number of benzene rings is 1. The zero-order valence-corrected chi connectivity index (χ0v) is 10.9. The normalized spacial score (nSPS) is 10.7. The van der Waals surface area contributed by atoms with Crippen LogP contribution in [-0.4, -0.2) is 16.6 Å². The van der Waals surface area contributed by atoms with Crippen LogP contribution in [0.25, 0.3) is 11.3 Å². The number of rotatable bonds is 4. The van der Waals surface area contributed by atoms with Crippen molar-refractivity contribution in [1.82, 2.24) is 9.97 Å². The van der Waals surface area contributed by atoms with Crippen molar-refractivity contribution in [2.24, 2.45) is 0 Å². The predicted molar refractivity (Wildman–Crippen MR) is 70.3 cm³/mol. The highest BCUT2D eigenvalue weighted by atomic mass is 19.1. The van der Waals surface area contributed by atoms with E-state index in [9.17, 15) is 9.18 Å². The van der Waals surface area contributed by atoms with Gasteiger partial charge in [0.05, 0.1) is 5.69 Å². The standard InChI is InChI=1S/C14H15FN2O2/c1-3-19-8-13-16-12(7-14(18)17-13)10-4-5-11(15)9(2)6-10/h4-7H,3,8H2,1-2H3,(H,16,17,18). The van der Waals surface area contributed by atoms with Gasteiger partial charge in [-0.2, -0.15) is 0 Å². The third-order valence-electron chi connectivity index (χ3n) is 2.69.